The van der Waals surface area contributed by atoms with Crippen molar-refractivity contribution in [3.8, 4) is 0 Å². The van der Waals surface area contributed by atoms with Crippen LogP contribution in [0.1, 0.15) is 36.0 Å². The van der Waals surface area contributed by atoms with Gasteiger partial charge < -0.3 is 15.4 Å². The molecule has 0 spiro atoms. The molecule has 7 heteroatoms. The summed E-state index contributed by atoms with van der Waals surface area (Å²) >= 11 is 6.03. The number of hydrogen-bond acceptors (Lipinski definition) is 4. The summed E-state index contributed by atoms with van der Waals surface area (Å²) in [4.78, 5) is 35.7. The van der Waals surface area contributed by atoms with E-state index in [2.05, 4.69) is 10.6 Å². The van der Waals surface area contributed by atoms with Gasteiger partial charge in [0, 0.05) is 29.2 Å². The zero-order valence-electron chi connectivity index (χ0n) is 16.8. The molecule has 0 radical (unpaired) electrons. The van der Waals surface area contributed by atoms with Crippen LogP contribution in [0.4, 0.5) is 11.4 Å². The molecule has 0 aliphatic carbocycles. The lowest BCUT2D eigenvalue weighted by Crippen LogP contribution is -2.21. The summed E-state index contributed by atoms with van der Waals surface area (Å²) in [6, 6.07) is 11.0. The largest absolute Gasteiger partial charge is 0.456 e. The zero-order valence-corrected chi connectivity index (χ0v) is 17.6. The van der Waals surface area contributed by atoms with Gasteiger partial charge in [0.2, 0.25) is 5.91 Å². The molecule has 0 unspecified atom stereocenters. The van der Waals surface area contributed by atoms with Gasteiger partial charge >= 0.3 is 5.97 Å². The van der Waals surface area contributed by atoms with Crippen LogP contribution < -0.4 is 10.6 Å². The maximum absolute atomic E-state index is 12.0. The number of aryl methyl sites for hydroxylation is 3. The Balaban J connectivity index is 1.67. The Morgan fingerprint density at radius 2 is 1.62 bits per heavy atom. The molecular weight excluding hydrogens is 392 g/mol. The van der Waals surface area contributed by atoms with Crippen LogP contribution in [0, 0.1) is 20.8 Å². The van der Waals surface area contributed by atoms with Crippen LogP contribution in [0.15, 0.2) is 36.4 Å². The van der Waals surface area contributed by atoms with E-state index in [0.717, 1.165) is 16.7 Å². The van der Waals surface area contributed by atoms with Crippen molar-refractivity contribution in [2.45, 2.75) is 40.0 Å². The van der Waals surface area contributed by atoms with Crippen LogP contribution in [0.25, 0.3) is 0 Å². The first-order chi connectivity index (χ1) is 13.7. The summed E-state index contributed by atoms with van der Waals surface area (Å²) in [7, 11) is 0. The molecule has 0 aliphatic rings. The van der Waals surface area contributed by atoms with Crippen molar-refractivity contribution in [3.05, 3.63) is 58.1 Å². The minimum absolute atomic E-state index is 0.0544. The topological polar surface area (TPSA) is 84.5 Å². The van der Waals surface area contributed by atoms with Crippen molar-refractivity contribution in [1.82, 2.24) is 0 Å². The Labute approximate surface area is 175 Å². The van der Waals surface area contributed by atoms with E-state index < -0.39 is 11.9 Å². The van der Waals surface area contributed by atoms with E-state index in [1.54, 1.807) is 12.1 Å². The lowest BCUT2D eigenvalue weighted by Gasteiger charge is -2.10. The number of carbonyl (C=O) groups is 3. The van der Waals surface area contributed by atoms with Crippen LogP contribution in [0.2, 0.25) is 5.02 Å². The Kier molecular flexibility index (Phi) is 8.21. The van der Waals surface area contributed by atoms with Crippen LogP contribution in [-0.4, -0.2) is 24.4 Å². The Bertz CT molecular complexity index is 912. The zero-order chi connectivity index (χ0) is 21.4. The highest BCUT2D eigenvalue weighted by Crippen LogP contribution is 2.20. The number of amides is 2. The molecule has 0 atom stereocenters. The maximum Gasteiger partial charge on any atom is 0.306 e. The average molecular weight is 417 g/mol. The van der Waals surface area contributed by atoms with Gasteiger partial charge in [-0.2, -0.15) is 0 Å². The van der Waals surface area contributed by atoms with Gasteiger partial charge in [0.05, 0.1) is 0 Å². The lowest BCUT2D eigenvalue weighted by molar-refractivity contribution is -0.147. The first-order valence-corrected chi connectivity index (χ1v) is 9.71. The third-order valence-electron chi connectivity index (χ3n) is 4.27. The average Bonchev–Trinajstić information content (AvgIpc) is 2.66. The smallest absolute Gasteiger partial charge is 0.306 e. The van der Waals surface area contributed by atoms with E-state index in [1.165, 1.54) is 0 Å². The molecule has 0 heterocycles. The van der Waals surface area contributed by atoms with Crippen molar-refractivity contribution in [1.29, 1.82) is 0 Å². The third-order valence-corrected chi connectivity index (χ3v) is 4.68. The summed E-state index contributed by atoms with van der Waals surface area (Å²) in [6.45, 7) is 5.33. The molecule has 0 saturated heterocycles. The van der Waals surface area contributed by atoms with Crippen LogP contribution >= 0.6 is 11.6 Å². The number of esters is 1. The summed E-state index contributed by atoms with van der Waals surface area (Å²) in [5, 5.41) is 6.03. The fraction of sp³-hybridized carbons (Fsp3) is 0.318. The van der Waals surface area contributed by atoms with Gasteiger partial charge in [-0.1, -0.05) is 29.8 Å². The predicted octanol–water partition coefficient (Wildman–Crippen LogP) is 4.56. The second-order valence-corrected chi connectivity index (χ2v) is 7.30. The highest BCUT2D eigenvalue weighted by atomic mass is 35.5. The highest BCUT2D eigenvalue weighted by Gasteiger charge is 2.11. The van der Waals surface area contributed by atoms with Gasteiger partial charge in [-0.3, -0.25) is 14.4 Å². The number of nitrogens with one attached hydrogen (secondary N) is 2. The molecule has 6 nitrogen and oxygen atoms in total. The van der Waals surface area contributed by atoms with Crippen molar-refractivity contribution in [3.63, 3.8) is 0 Å². The van der Waals surface area contributed by atoms with Gasteiger partial charge in [-0.15, -0.1) is 0 Å². The number of benzene rings is 2. The number of hydrogen-bond donors (Lipinski definition) is 2. The monoisotopic (exact) mass is 416 g/mol. The summed E-state index contributed by atoms with van der Waals surface area (Å²) in [5.74, 6) is -1.14. The quantitative estimate of drug-likeness (QED) is 0.618. The van der Waals surface area contributed by atoms with Crippen LogP contribution in [0.3, 0.4) is 0 Å². The van der Waals surface area contributed by atoms with E-state index >= 15 is 0 Å². The molecule has 154 valence electrons. The first-order valence-electron chi connectivity index (χ1n) is 9.33. The van der Waals surface area contributed by atoms with Gasteiger partial charge in [0.1, 0.15) is 0 Å². The van der Waals surface area contributed by atoms with E-state index in [-0.39, 0.29) is 25.4 Å². The number of ether oxygens (including phenoxy) is 1. The molecule has 2 N–H and O–H groups in total. The SMILES string of the molecule is Cc1ccc(C)c(NC(=O)COC(=O)CCCC(=O)Nc2ccc(C)c(Cl)c2)c1. The molecular formula is C22H25ClN2O4. The fourth-order valence-electron chi connectivity index (χ4n) is 2.56. The molecule has 0 aliphatic heterocycles. The number of carbonyl (C=O) groups excluding carboxylic acids is 3. The van der Waals surface area contributed by atoms with Gasteiger partial charge in [-0.25, -0.2) is 0 Å². The van der Waals surface area contributed by atoms with Gasteiger partial charge in [-0.05, 0) is 62.1 Å². The lowest BCUT2D eigenvalue weighted by atomic mass is 10.1. The van der Waals surface area contributed by atoms with Crippen LogP contribution in [-0.2, 0) is 19.1 Å². The van der Waals surface area contributed by atoms with E-state index in [4.69, 9.17) is 16.3 Å². The number of anilines is 2. The van der Waals surface area contributed by atoms with Crippen molar-refractivity contribution >= 4 is 40.8 Å². The minimum atomic E-state index is -0.521. The molecule has 0 saturated carbocycles. The molecule has 0 bridgehead atoms. The molecule has 2 amide bonds. The summed E-state index contributed by atoms with van der Waals surface area (Å²) < 4.78 is 4.98. The van der Waals surface area contributed by atoms with Crippen LogP contribution in [0.5, 0.6) is 0 Å². The van der Waals surface area contributed by atoms with Crippen molar-refractivity contribution in [2.24, 2.45) is 0 Å². The molecule has 29 heavy (non-hydrogen) atoms. The van der Waals surface area contributed by atoms with Gasteiger partial charge in [0.25, 0.3) is 5.91 Å². The van der Waals surface area contributed by atoms with Gasteiger partial charge in [0.15, 0.2) is 6.61 Å². The molecule has 2 aromatic carbocycles. The predicted molar refractivity (Wildman–Crippen MR) is 114 cm³/mol. The van der Waals surface area contributed by atoms with Crippen molar-refractivity contribution in [2.75, 3.05) is 17.2 Å². The second kappa shape index (κ2) is 10.6. The Morgan fingerprint density at radius 1 is 0.897 bits per heavy atom. The van der Waals surface area contributed by atoms with E-state index in [0.29, 0.717) is 22.8 Å². The Hall–Kier alpha value is -2.86. The maximum atomic E-state index is 12.0. The van der Waals surface area contributed by atoms with E-state index in [1.807, 2.05) is 45.0 Å². The summed E-state index contributed by atoms with van der Waals surface area (Å²) in [6.07, 6.45) is 0.539. The molecule has 0 aromatic heterocycles. The second-order valence-electron chi connectivity index (χ2n) is 6.89. The molecule has 2 rings (SSSR count). The number of rotatable bonds is 8. The standard InChI is InChI=1S/C22H25ClN2O4/c1-14-7-8-16(3)19(11-14)25-21(27)13-29-22(28)6-4-5-20(26)24-17-10-9-15(2)18(23)12-17/h7-12H,4-6,13H2,1-3H3,(H,24,26)(H,25,27). The highest BCUT2D eigenvalue weighted by molar-refractivity contribution is 6.31. The Morgan fingerprint density at radius 3 is 2.34 bits per heavy atom. The minimum Gasteiger partial charge on any atom is -0.456 e. The normalized spacial score (nSPS) is 10.3. The summed E-state index contributed by atoms with van der Waals surface area (Å²) in [5.41, 5.74) is 4.18. The fourth-order valence-corrected chi connectivity index (χ4v) is 2.74. The third kappa shape index (κ3) is 7.58. The van der Waals surface area contributed by atoms with Crippen molar-refractivity contribution < 1.29 is 19.1 Å². The van der Waals surface area contributed by atoms with E-state index in [9.17, 15) is 14.4 Å². The first kappa shape index (κ1) is 22.4. The molecule has 0 fully saturated rings. The number of halogens is 1. The molecule has 2 aromatic rings.